The van der Waals surface area contributed by atoms with E-state index in [2.05, 4.69) is 9.97 Å². The van der Waals surface area contributed by atoms with Crippen LogP contribution < -0.4 is 15.0 Å². The van der Waals surface area contributed by atoms with E-state index >= 15 is 0 Å². The van der Waals surface area contributed by atoms with Gasteiger partial charge in [-0.3, -0.25) is 4.79 Å². The maximum atomic E-state index is 11.4. The number of rotatable bonds is 2. The van der Waals surface area contributed by atoms with Gasteiger partial charge in [0.05, 0.1) is 12.7 Å². The summed E-state index contributed by atoms with van der Waals surface area (Å²) in [6.45, 7) is 2.02. The maximum absolute atomic E-state index is 11.4. The van der Waals surface area contributed by atoms with Gasteiger partial charge in [-0.15, -0.1) is 0 Å². The lowest BCUT2D eigenvalue weighted by Gasteiger charge is -2.10. The molecule has 1 N–H and O–H groups in total. The number of fused-ring (bicyclic) bond motifs is 1. The molecule has 1 aromatic carbocycles. The van der Waals surface area contributed by atoms with Crippen molar-refractivity contribution in [2.24, 2.45) is 0 Å². The van der Waals surface area contributed by atoms with Crippen molar-refractivity contribution in [2.75, 3.05) is 7.11 Å². The Labute approximate surface area is 110 Å². The molecular formula is C14H14N2O3. The molecule has 5 nitrogen and oxygen atoms in total. The molecule has 3 rings (SSSR count). The minimum atomic E-state index is -0.193. The Bertz CT molecular complexity index is 679. The Balaban J connectivity index is 2.16. The predicted octanol–water partition coefficient (Wildman–Crippen LogP) is 1.77. The third kappa shape index (κ3) is 2.07. The zero-order valence-corrected chi connectivity index (χ0v) is 10.8. The molecule has 0 aliphatic carbocycles. The van der Waals surface area contributed by atoms with Crippen LogP contribution >= 0.6 is 0 Å². The summed E-state index contributed by atoms with van der Waals surface area (Å²) in [5.41, 5.74) is 1.65. The molecule has 0 spiro atoms. The number of benzene rings is 1. The fourth-order valence-corrected chi connectivity index (χ4v) is 2.30. The van der Waals surface area contributed by atoms with Gasteiger partial charge in [0, 0.05) is 24.2 Å². The third-order valence-electron chi connectivity index (χ3n) is 3.14. The maximum Gasteiger partial charge on any atom is 0.251 e. The minimum absolute atomic E-state index is 0.165. The normalized spacial score (nSPS) is 16.8. The topological polar surface area (TPSA) is 64.2 Å². The monoisotopic (exact) mass is 258 g/mol. The van der Waals surface area contributed by atoms with Crippen molar-refractivity contribution in [2.45, 2.75) is 19.4 Å². The quantitative estimate of drug-likeness (QED) is 0.891. The Hall–Kier alpha value is -2.30. The van der Waals surface area contributed by atoms with Crippen LogP contribution in [0.4, 0.5) is 0 Å². The molecule has 0 saturated heterocycles. The highest BCUT2D eigenvalue weighted by Crippen LogP contribution is 2.38. The number of aromatic nitrogens is 2. The molecule has 1 aliphatic heterocycles. The molecular weight excluding hydrogens is 244 g/mol. The smallest absolute Gasteiger partial charge is 0.251 e. The van der Waals surface area contributed by atoms with Gasteiger partial charge in [-0.2, -0.15) is 0 Å². The molecule has 2 aromatic rings. The van der Waals surface area contributed by atoms with E-state index in [1.807, 2.05) is 19.1 Å². The first kappa shape index (κ1) is 11.8. The van der Waals surface area contributed by atoms with E-state index in [0.717, 1.165) is 23.3 Å². The van der Waals surface area contributed by atoms with Gasteiger partial charge in [0.25, 0.3) is 5.56 Å². The second-order valence-corrected chi connectivity index (χ2v) is 4.58. The number of H-pyrrole nitrogens is 1. The number of methoxy groups -OCH3 is 1. The molecule has 2 heterocycles. The number of ether oxygens (including phenoxy) is 2. The van der Waals surface area contributed by atoms with E-state index in [1.165, 1.54) is 12.3 Å². The van der Waals surface area contributed by atoms with E-state index in [1.54, 1.807) is 7.11 Å². The highest BCUT2D eigenvalue weighted by Gasteiger charge is 2.22. The van der Waals surface area contributed by atoms with Crippen LogP contribution in [-0.2, 0) is 6.42 Å². The van der Waals surface area contributed by atoms with Crippen molar-refractivity contribution in [1.29, 1.82) is 0 Å². The van der Waals surface area contributed by atoms with Gasteiger partial charge in [-0.1, -0.05) is 0 Å². The number of hydrogen-bond donors (Lipinski definition) is 1. The van der Waals surface area contributed by atoms with Crippen LogP contribution in [0.2, 0.25) is 0 Å². The Morgan fingerprint density at radius 3 is 3.05 bits per heavy atom. The summed E-state index contributed by atoms with van der Waals surface area (Å²) in [6, 6.07) is 5.19. The molecule has 1 unspecified atom stereocenters. The first-order valence-electron chi connectivity index (χ1n) is 6.10. The molecule has 1 atom stereocenters. The van der Waals surface area contributed by atoms with Crippen LogP contribution in [0.3, 0.4) is 0 Å². The lowest BCUT2D eigenvalue weighted by molar-refractivity contribution is 0.254. The fraction of sp³-hybridized carbons (Fsp3) is 0.286. The summed E-state index contributed by atoms with van der Waals surface area (Å²) in [7, 11) is 1.60. The molecule has 5 heteroatoms. The summed E-state index contributed by atoms with van der Waals surface area (Å²) >= 11 is 0. The summed E-state index contributed by atoms with van der Waals surface area (Å²) < 4.78 is 11.1. The lowest BCUT2D eigenvalue weighted by atomic mass is 10.1. The van der Waals surface area contributed by atoms with Crippen molar-refractivity contribution in [1.82, 2.24) is 9.97 Å². The number of aromatic amines is 1. The lowest BCUT2D eigenvalue weighted by Crippen LogP contribution is -2.06. The molecule has 0 amide bonds. The molecule has 1 aliphatic rings. The number of hydrogen-bond acceptors (Lipinski definition) is 4. The largest absolute Gasteiger partial charge is 0.496 e. The van der Waals surface area contributed by atoms with Crippen molar-refractivity contribution in [3.8, 4) is 22.9 Å². The zero-order chi connectivity index (χ0) is 13.4. The van der Waals surface area contributed by atoms with E-state index in [4.69, 9.17) is 9.47 Å². The van der Waals surface area contributed by atoms with E-state index < -0.39 is 0 Å². The van der Waals surface area contributed by atoms with Crippen molar-refractivity contribution in [3.05, 3.63) is 40.3 Å². The van der Waals surface area contributed by atoms with Crippen LogP contribution in [0.25, 0.3) is 11.4 Å². The standard InChI is InChI=1S/C14H14N2O3/c1-8-5-9-6-12(18-2)10(7-11(9)19-8)14-15-4-3-13(17)16-14/h3-4,6-8H,5H2,1-2H3,(H,15,16,17). The fourth-order valence-electron chi connectivity index (χ4n) is 2.30. The van der Waals surface area contributed by atoms with Crippen molar-refractivity contribution >= 4 is 0 Å². The molecule has 0 bridgehead atoms. The minimum Gasteiger partial charge on any atom is -0.496 e. The summed E-state index contributed by atoms with van der Waals surface area (Å²) in [5, 5.41) is 0. The highest BCUT2D eigenvalue weighted by atomic mass is 16.5. The Morgan fingerprint density at radius 2 is 2.32 bits per heavy atom. The van der Waals surface area contributed by atoms with Gasteiger partial charge < -0.3 is 14.5 Å². The number of nitrogens with zero attached hydrogens (tertiary/aromatic N) is 1. The van der Waals surface area contributed by atoms with Crippen molar-refractivity contribution in [3.63, 3.8) is 0 Å². The summed E-state index contributed by atoms with van der Waals surface area (Å²) in [4.78, 5) is 18.3. The Morgan fingerprint density at radius 1 is 1.47 bits per heavy atom. The van der Waals surface area contributed by atoms with Gasteiger partial charge in [0.15, 0.2) is 0 Å². The van der Waals surface area contributed by atoms with Gasteiger partial charge in [0.1, 0.15) is 23.4 Å². The molecule has 98 valence electrons. The summed E-state index contributed by atoms with van der Waals surface area (Å²) in [6.07, 6.45) is 2.51. The molecule has 1 aromatic heterocycles. The van der Waals surface area contributed by atoms with E-state index in [0.29, 0.717) is 11.6 Å². The van der Waals surface area contributed by atoms with Crippen LogP contribution in [0.5, 0.6) is 11.5 Å². The van der Waals surface area contributed by atoms with Gasteiger partial charge in [0.2, 0.25) is 0 Å². The van der Waals surface area contributed by atoms with Crippen LogP contribution in [-0.4, -0.2) is 23.2 Å². The van der Waals surface area contributed by atoms with Crippen LogP contribution in [0, 0.1) is 0 Å². The third-order valence-corrected chi connectivity index (χ3v) is 3.14. The second kappa shape index (κ2) is 4.42. The van der Waals surface area contributed by atoms with Gasteiger partial charge >= 0.3 is 0 Å². The Kier molecular flexibility index (Phi) is 2.74. The van der Waals surface area contributed by atoms with Crippen molar-refractivity contribution < 1.29 is 9.47 Å². The molecule has 19 heavy (non-hydrogen) atoms. The summed E-state index contributed by atoms with van der Waals surface area (Å²) in [5.74, 6) is 2.00. The molecule has 0 saturated carbocycles. The molecule has 0 fully saturated rings. The van der Waals surface area contributed by atoms with E-state index in [9.17, 15) is 4.79 Å². The van der Waals surface area contributed by atoms with Crippen LogP contribution in [0.15, 0.2) is 29.2 Å². The average molecular weight is 258 g/mol. The average Bonchev–Trinajstić information content (AvgIpc) is 2.76. The number of nitrogens with one attached hydrogen (secondary N) is 1. The second-order valence-electron chi connectivity index (χ2n) is 4.58. The zero-order valence-electron chi connectivity index (χ0n) is 10.8. The van der Waals surface area contributed by atoms with Gasteiger partial charge in [-0.05, 0) is 19.1 Å². The van der Waals surface area contributed by atoms with Gasteiger partial charge in [-0.25, -0.2) is 4.98 Å². The van der Waals surface area contributed by atoms with E-state index in [-0.39, 0.29) is 11.7 Å². The first-order valence-corrected chi connectivity index (χ1v) is 6.10. The van der Waals surface area contributed by atoms with Crippen LogP contribution in [0.1, 0.15) is 12.5 Å². The SMILES string of the molecule is COc1cc2c(cc1-c1nccc(=O)[nH]1)OC(C)C2. The highest BCUT2D eigenvalue weighted by molar-refractivity contribution is 5.68. The molecule has 0 radical (unpaired) electrons. The predicted molar refractivity (Wildman–Crippen MR) is 70.6 cm³/mol. The first-order chi connectivity index (χ1) is 9.17.